The quantitative estimate of drug-likeness (QED) is 0.878. The first-order valence-corrected chi connectivity index (χ1v) is 6.97. The number of aromatic nitrogens is 2. The van der Waals surface area contributed by atoms with Gasteiger partial charge < -0.3 is 11.1 Å². The van der Waals surface area contributed by atoms with Gasteiger partial charge in [-0.1, -0.05) is 17.7 Å². The highest BCUT2D eigenvalue weighted by atomic mass is 35.5. The van der Waals surface area contributed by atoms with Crippen LogP contribution in [0.4, 0.5) is 13.2 Å². The van der Waals surface area contributed by atoms with Crippen molar-refractivity contribution in [3.8, 4) is 5.69 Å². The molecule has 0 fully saturated rings. The lowest BCUT2D eigenvalue weighted by molar-refractivity contribution is -0.143. The molecular formula is C15H18ClF3N4O. The molecule has 1 aromatic heterocycles. The summed E-state index contributed by atoms with van der Waals surface area (Å²) in [7, 11) is 0. The highest BCUT2D eigenvalue weighted by Crippen LogP contribution is 2.33. The van der Waals surface area contributed by atoms with Crippen LogP contribution in [0.1, 0.15) is 28.5 Å². The fraction of sp³-hybridized carbons (Fsp3) is 0.333. The molecule has 24 heavy (non-hydrogen) atoms. The Morgan fingerprint density at radius 3 is 2.42 bits per heavy atom. The van der Waals surface area contributed by atoms with Crippen LogP contribution in [0.15, 0.2) is 30.5 Å². The first kappa shape index (κ1) is 20.0. The molecule has 0 unspecified atom stereocenters. The van der Waals surface area contributed by atoms with E-state index in [0.29, 0.717) is 0 Å². The Labute approximate surface area is 143 Å². The Hall–Kier alpha value is -2.06. The molecule has 1 amide bonds. The van der Waals surface area contributed by atoms with Gasteiger partial charge in [-0.05, 0) is 26.0 Å². The van der Waals surface area contributed by atoms with E-state index in [9.17, 15) is 18.0 Å². The number of nitrogens with two attached hydrogens (primary N) is 1. The van der Waals surface area contributed by atoms with E-state index < -0.39 is 29.4 Å². The van der Waals surface area contributed by atoms with E-state index >= 15 is 0 Å². The predicted octanol–water partition coefficient (Wildman–Crippen LogP) is 2.70. The lowest BCUT2D eigenvalue weighted by atomic mass is 10.2. The van der Waals surface area contributed by atoms with Crippen LogP contribution in [0.5, 0.6) is 0 Å². The molecule has 3 N–H and O–H groups in total. The Morgan fingerprint density at radius 1 is 1.33 bits per heavy atom. The molecule has 0 aliphatic heterocycles. The molecule has 1 aromatic carbocycles. The van der Waals surface area contributed by atoms with Gasteiger partial charge in [0.05, 0.1) is 17.4 Å². The number of hydrogen-bond acceptors (Lipinski definition) is 3. The second-order valence-corrected chi connectivity index (χ2v) is 5.26. The van der Waals surface area contributed by atoms with E-state index in [1.807, 2.05) is 6.92 Å². The number of alkyl halides is 3. The van der Waals surface area contributed by atoms with Crippen molar-refractivity contribution in [2.45, 2.75) is 26.1 Å². The van der Waals surface area contributed by atoms with Crippen molar-refractivity contribution >= 4 is 18.3 Å². The van der Waals surface area contributed by atoms with Gasteiger partial charge in [0.1, 0.15) is 0 Å². The Kier molecular flexibility index (Phi) is 6.39. The average Bonchev–Trinajstić information content (AvgIpc) is 2.93. The van der Waals surface area contributed by atoms with Gasteiger partial charge in [0.25, 0.3) is 5.91 Å². The number of amides is 1. The van der Waals surface area contributed by atoms with Gasteiger partial charge in [0.15, 0.2) is 5.69 Å². The van der Waals surface area contributed by atoms with Crippen LogP contribution >= 0.6 is 12.4 Å². The van der Waals surface area contributed by atoms with Crippen molar-refractivity contribution in [1.29, 1.82) is 0 Å². The summed E-state index contributed by atoms with van der Waals surface area (Å²) in [4.78, 5) is 12.1. The molecule has 2 rings (SSSR count). The molecule has 0 bridgehead atoms. The first-order chi connectivity index (χ1) is 10.7. The van der Waals surface area contributed by atoms with Crippen LogP contribution in [-0.4, -0.2) is 28.3 Å². The molecule has 132 valence electrons. The minimum atomic E-state index is -4.72. The van der Waals surface area contributed by atoms with Crippen LogP contribution in [0.25, 0.3) is 5.69 Å². The zero-order valence-electron chi connectivity index (χ0n) is 13.1. The third-order valence-corrected chi connectivity index (χ3v) is 3.29. The summed E-state index contributed by atoms with van der Waals surface area (Å²) in [5.41, 5.74) is 4.87. The number of carbonyl (C=O) groups is 1. The number of halogens is 4. The highest BCUT2D eigenvalue weighted by molar-refractivity contribution is 5.95. The van der Waals surface area contributed by atoms with Crippen LogP contribution in [0.2, 0.25) is 0 Å². The van der Waals surface area contributed by atoms with Gasteiger partial charge in [-0.3, -0.25) is 4.79 Å². The SMILES string of the molecule is Cc1ccc(-n2ncc(C(=O)N[C@@H](C)CN)c2C(F)(F)F)cc1.Cl. The number of nitrogens with one attached hydrogen (secondary N) is 1. The van der Waals surface area contributed by atoms with Crippen molar-refractivity contribution in [2.24, 2.45) is 5.73 Å². The summed E-state index contributed by atoms with van der Waals surface area (Å²) in [5, 5.41) is 6.16. The third kappa shape index (κ3) is 4.27. The molecule has 1 atom stereocenters. The Balaban J connectivity index is 0.00000288. The summed E-state index contributed by atoms with van der Waals surface area (Å²) < 4.78 is 41.0. The minimum absolute atomic E-state index is 0. The predicted molar refractivity (Wildman–Crippen MR) is 86.5 cm³/mol. The lowest BCUT2D eigenvalue weighted by Gasteiger charge is -2.14. The average molecular weight is 363 g/mol. The Bertz CT molecular complexity index is 698. The molecule has 0 radical (unpaired) electrons. The maximum Gasteiger partial charge on any atom is 0.434 e. The molecule has 0 saturated carbocycles. The summed E-state index contributed by atoms with van der Waals surface area (Å²) in [6.45, 7) is 3.55. The molecule has 0 saturated heterocycles. The number of carbonyl (C=O) groups excluding carboxylic acids is 1. The van der Waals surface area contributed by atoms with Gasteiger partial charge in [0.2, 0.25) is 0 Å². The summed E-state index contributed by atoms with van der Waals surface area (Å²) in [6, 6.07) is 5.94. The van der Waals surface area contributed by atoms with Crippen LogP contribution in [0, 0.1) is 6.92 Å². The topological polar surface area (TPSA) is 72.9 Å². The molecule has 0 aliphatic rings. The molecule has 0 spiro atoms. The van der Waals surface area contributed by atoms with Crippen molar-refractivity contribution in [2.75, 3.05) is 6.54 Å². The molecule has 5 nitrogen and oxygen atoms in total. The summed E-state index contributed by atoms with van der Waals surface area (Å²) in [5.74, 6) is -0.853. The van der Waals surface area contributed by atoms with Crippen molar-refractivity contribution in [3.63, 3.8) is 0 Å². The third-order valence-electron chi connectivity index (χ3n) is 3.29. The fourth-order valence-corrected chi connectivity index (χ4v) is 2.03. The van der Waals surface area contributed by atoms with Crippen molar-refractivity contribution < 1.29 is 18.0 Å². The number of nitrogens with zero attached hydrogens (tertiary/aromatic N) is 2. The second-order valence-electron chi connectivity index (χ2n) is 5.26. The second kappa shape index (κ2) is 7.67. The van der Waals surface area contributed by atoms with E-state index in [0.717, 1.165) is 16.4 Å². The molecule has 9 heteroatoms. The van der Waals surface area contributed by atoms with Crippen molar-refractivity contribution in [3.05, 3.63) is 47.3 Å². The molecular weight excluding hydrogens is 345 g/mol. The van der Waals surface area contributed by atoms with Crippen LogP contribution < -0.4 is 11.1 Å². The maximum atomic E-state index is 13.4. The minimum Gasteiger partial charge on any atom is -0.348 e. The molecule has 2 aromatic rings. The fourth-order valence-electron chi connectivity index (χ4n) is 2.03. The number of aryl methyl sites for hydroxylation is 1. The van der Waals surface area contributed by atoms with E-state index in [4.69, 9.17) is 5.73 Å². The monoisotopic (exact) mass is 362 g/mol. The zero-order chi connectivity index (χ0) is 17.2. The lowest BCUT2D eigenvalue weighted by Crippen LogP contribution is -2.38. The van der Waals surface area contributed by atoms with Gasteiger partial charge in [-0.15, -0.1) is 12.4 Å². The number of hydrogen-bond donors (Lipinski definition) is 2. The normalized spacial score (nSPS) is 12.4. The van der Waals surface area contributed by atoms with Gasteiger partial charge >= 0.3 is 6.18 Å². The van der Waals surface area contributed by atoms with Gasteiger partial charge in [0, 0.05) is 12.6 Å². The van der Waals surface area contributed by atoms with E-state index in [-0.39, 0.29) is 24.6 Å². The summed E-state index contributed by atoms with van der Waals surface area (Å²) >= 11 is 0. The standard InChI is InChI=1S/C15H17F3N4O.ClH/c1-9-3-5-11(6-4-9)22-13(15(16,17)18)12(8-20-22)14(23)21-10(2)7-19;/h3-6,8,10H,7,19H2,1-2H3,(H,21,23);1H/t10-;/m0./s1. The van der Waals surface area contributed by atoms with Crippen LogP contribution in [0.3, 0.4) is 0 Å². The van der Waals surface area contributed by atoms with Gasteiger partial charge in [-0.25, -0.2) is 4.68 Å². The van der Waals surface area contributed by atoms with Gasteiger partial charge in [-0.2, -0.15) is 18.3 Å². The van der Waals surface area contributed by atoms with E-state index in [2.05, 4.69) is 10.4 Å². The first-order valence-electron chi connectivity index (χ1n) is 6.97. The molecule has 0 aliphatic carbocycles. The maximum absolute atomic E-state index is 13.4. The largest absolute Gasteiger partial charge is 0.434 e. The smallest absolute Gasteiger partial charge is 0.348 e. The van der Waals surface area contributed by atoms with Crippen molar-refractivity contribution in [1.82, 2.24) is 15.1 Å². The number of rotatable bonds is 4. The number of benzene rings is 1. The highest BCUT2D eigenvalue weighted by Gasteiger charge is 2.40. The Morgan fingerprint density at radius 2 is 1.92 bits per heavy atom. The van der Waals surface area contributed by atoms with Crippen LogP contribution in [-0.2, 0) is 6.18 Å². The van der Waals surface area contributed by atoms with E-state index in [1.54, 1.807) is 19.1 Å². The summed E-state index contributed by atoms with van der Waals surface area (Å²) in [6.07, 6.45) is -3.80. The zero-order valence-corrected chi connectivity index (χ0v) is 13.9. The molecule has 1 heterocycles. The van der Waals surface area contributed by atoms with E-state index in [1.165, 1.54) is 12.1 Å².